The third kappa shape index (κ3) is 5.54. The highest BCUT2D eigenvalue weighted by atomic mass is 32.2. The number of aryl methyl sites for hydroxylation is 2. The average molecular weight is 548 g/mol. The van der Waals surface area contributed by atoms with Gasteiger partial charge < -0.3 is 15.0 Å². The third-order valence-electron chi connectivity index (χ3n) is 6.64. The number of hydrogen-bond donors (Lipinski definition) is 2. The van der Waals surface area contributed by atoms with Crippen LogP contribution in [0.2, 0.25) is 0 Å². The van der Waals surface area contributed by atoms with Gasteiger partial charge in [-0.1, -0.05) is 43.0 Å². The Hall–Kier alpha value is -3.43. The van der Waals surface area contributed by atoms with Gasteiger partial charge in [0.25, 0.3) is 5.56 Å². The molecular weight excluding hydrogens is 518 g/mol. The molecule has 1 unspecified atom stereocenters. The average Bonchev–Trinajstić information content (AvgIpc) is 3.36. The highest BCUT2D eigenvalue weighted by Gasteiger charge is 2.22. The second-order valence-corrected chi connectivity index (χ2v) is 11.2. The minimum atomic E-state index is -0.484. The molecule has 0 fully saturated rings. The molecule has 7 nitrogen and oxygen atoms in total. The summed E-state index contributed by atoms with van der Waals surface area (Å²) in [6, 6.07) is 13.1. The fourth-order valence-corrected chi connectivity index (χ4v) is 6.62. The molecule has 196 valence electrons. The van der Waals surface area contributed by atoms with Crippen LogP contribution in [0.5, 0.6) is 0 Å². The first-order valence-electron chi connectivity index (χ1n) is 12.8. The van der Waals surface area contributed by atoms with Crippen molar-refractivity contribution in [2.45, 2.75) is 56.4 Å². The molecular formula is C29H29N3O4S2. The maximum atomic E-state index is 13.2. The van der Waals surface area contributed by atoms with Crippen molar-refractivity contribution in [1.29, 1.82) is 0 Å². The van der Waals surface area contributed by atoms with Gasteiger partial charge in [0.1, 0.15) is 4.83 Å². The molecule has 9 heteroatoms. The van der Waals surface area contributed by atoms with Crippen molar-refractivity contribution in [2.24, 2.45) is 0 Å². The van der Waals surface area contributed by atoms with Crippen LogP contribution < -0.4 is 10.9 Å². The largest absolute Gasteiger partial charge is 0.462 e. The Labute approximate surface area is 229 Å². The van der Waals surface area contributed by atoms with Crippen LogP contribution in [0.4, 0.5) is 5.69 Å². The van der Waals surface area contributed by atoms with E-state index in [-0.39, 0.29) is 18.1 Å². The second-order valence-electron chi connectivity index (χ2n) is 9.20. The molecule has 0 spiro atoms. The predicted molar refractivity (Wildman–Crippen MR) is 153 cm³/mol. The summed E-state index contributed by atoms with van der Waals surface area (Å²) in [5.41, 5.74) is 5.38. The van der Waals surface area contributed by atoms with E-state index in [1.165, 1.54) is 47.1 Å². The minimum absolute atomic E-state index is 0.205. The highest BCUT2D eigenvalue weighted by Crippen LogP contribution is 2.34. The molecule has 2 heterocycles. The topological polar surface area (TPSA) is 101 Å². The summed E-state index contributed by atoms with van der Waals surface area (Å²) < 4.78 is 5.04. The molecule has 1 aliphatic carbocycles. The lowest BCUT2D eigenvalue weighted by Gasteiger charge is -2.16. The summed E-state index contributed by atoms with van der Waals surface area (Å²) in [6.45, 7) is 3.92. The number of aromatic nitrogens is 2. The molecule has 1 aliphatic rings. The van der Waals surface area contributed by atoms with Crippen molar-refractivity contribution in [3.05, 3.63) is 74.9 Å². The van der Waals surface area contributed by atoms with E-state index in [0.717, 1.165) is 24.0 Å². The number of nitrogens with zero attached hydrogens (tertiary/aromatic N) is 1. The van der Waals surface area contributed by atoms with Gasteiger partial charge in [0.15, 0.2) is 5.16 Å². The maximum absolute atomic E-state index is 13.2. The number of aromatic amines is 1. The van der Waals surface area contributed by atoms with Crippen molar-refractivity contribution >= 4 is 50.9 Å². The quantitative estimate of drug-likeness (QED) is 0.154. The van der Waals surface area contributed by atoms with E-state index < -0.39 is 11.2 Å². The normalized spacial score (nSPS) is 13.6. The standard InChI is InChI=1S/C29H29N3O4S2/c1-3-23(25(33)30-21-11-7-10-20(15-21)28(35)36-4-2)38-29-31-26(34)24-22(16-37-27(24)32-29)19-13-12-17-8-5-6-9-18(17)14-19/h7,10-16,23H,3-6,8-9H2,1-2H3,(H,30,33)(H,31,32,34). The highest BCUT2D eigenvalue weighted by molar-refractivity contribution is 8.00. The summed E-state index contributed by atoms with van der Waals surface area (Å²) in [7, 11) is 0. The number of esters is 1. The molecule has 4 aromatic rings. The Bertz CT molecular complexity index is 1560. The van der Waals surface area contributed by atoms with Gasteiger partial charge in [-0.25, -0.2) is 9.78 Å². The van der Waals surface area contributed by atoms with Crippen molar-refractivity contribution < 1.29 is 14.3 Å². The first-order valence-corrected chi connectivity index (χ1v) is 14.6. The van der Waals surface area contributed by atoms with Crippen LogP contribution in [0.1, 0.15) is 54.6 Å². The minimum Gasteiger partial charge on any atom is -0.462 e. The van der Waals surface area contributed by atoms with Gasteiger partial charge in [-0.05, 0) is 73.9 Å². The summed E-state index contributed by atoms with van der Waals surface area (Å²) in [4.78, 5) is 46.5. The number of hydrogen-bond acceptors (Lipinski definition) is 7. The Kier molecular flexibility index (Phi) is 7.95. The van der Waals surface area contributed by atoms with Crippen LogP contribution in [0.25, 0.3) is 21.3 Å². The number of thioether (sulfide) groups is 1. The Morgan fingerprint density at radius 1 is 1.13 bits per heavy atom. The maximum Gasteiger partial charge on any atom is 0.338 e. The molecule has 1 amide bonds. The summed E-state index contributed by atoms with van der Waals surface area (Å²) >= 11 is 2.66. The fraction of sp³-hybridized carbons (Fsp3) is 0.310. The van der Waals surface area contributed by atoms with Crippen LogP contribution in [-0.2, 0) is 22.4 Å². The Morgan fingerprint density at radius 2 is 1.95 bits per heavy atom. The Balaban J connectivity index is 1.35. The SMILES string of the molecule is CCOC(=O)c1cccc(NC(=O)C(CC)Sc2nc3scc(-c4ccc5c(c4)CCCC5)c3c(=O)[nH]2)c1. The summed E-state index contributed by atoms with van der Waals surface area (Å²) in [5.74, 6) is -0.673. The number of ether oxygens (including phenoxy) is 1. The zero-order valence-electron chi connectivity index (χ0n) is 21.3. The molecule has 0 bridgehead atoms. The van der Waals surface area contributed by atoms with E-state index >= 15 is 0 Å². The Morgan fingerprint density at radius 3 is 2.74 bits per heavy atom. The van der Waals surface area contributed by atoms with Crippen LogP contribution in [-0.4, -0.2) is 33.7 Å². The lowest BCUT2D eigenvalue weighted by molar-refractivity contribution is -0.115. The molecule has 0 saturated carbocycles. The molecule has 2 aromatic carbocycles. The number of fused-ring (bicyclic) bond motifs is 2. The van der Waals surface area contributed by atoms with Crippen LogP contribution in [0, 0.1) is 0 Å². The van der Waals surface area contributed by atoms with Gasteiger partial charge in [-0.3, -0.25) is 9.59 Å². The van der Waals surface area contributed by atoms with Gasteiger partial charge in [-0.2, -0.15) is 0 Å². The number of thiophene rings is 1. The van der Waals surface area contributed by atoms with Crippen molar-refractivity contribution in [2.75, 3.05) is 11.9 Å². The zero-order valence-corrected chi connectivity index (χ0v) is 23.0. The number of H-pyrrole nitrogens is 1. The zero-order chi connectivity index (χ0) is 26.6. The molecule has 38 heavy (non-hydrogen) atoms. The van der Waals surface area contributed by atoms with E-state index in [9.17, 15) is 14.4 Å². The van der Waals surface area contributed by atoms with Gasteiger partial charge in [0.05, 0.1) is 22.8 Å². The molecule has 0 saturated heterocycles. The summed E-state index contributed by atoms with van der Waals surface area (Å²) in [5, 5.41) is 5.37. The fourth-order valence-electron chi connectivity index (χ4n) is 4.72. The molecule has 0 radical (unpaired) electrons. The van der Waals surface area contributed by atoms with Gasteiger partial charge >= 0.3 is 5.97 Å². The predicted octanol–water partition coefficient (Wildman–Crippen LogP) is 6.22. The van der Waals surface area contributed by atoms with Crippen molar-refractivity contribution in [3.8, 4) is 11.1 Å². The van der Waals surface area contributed by atoms with Crippen molar-refractivity contribution in [1.82, 2.24) is 9.97 Å². The monoisotopic (exact) mass is 547 g/mol. The van der Waals surface area contributed by atoms with Crippen molar-refractivity contribution in [3.63, 3.8) is 0 Å². The van der Waals surface area contributed by atoms with E-state index in [1.54, 1.807) is 31.2 Å². The number of anilines is 1. The number of rotatable bonds is 8. The number of carbonyl (C=O) groups is 2. The third-order valence-corrected chi connectivity index (χ3v) is 8.76. The molecule has 5 rings (SSSR count). The number of nitrogens with one attached hydrogen (secondary N) is 2. The lowest BCUT2D eigenvalue weighted by atomic mass is 9.89. The molecule has 2 N–H and O–H groups in total. The van der Waals surface area contributed by atoms with Crippen LogP contribution in [0.3, 0.4) is 0 Å². The van der Waals surface area contributed by atoms with Crippen LogP contribution in [0.15, 0.2) is 57.8 Å². The van der Waals surface area contributed by atoms with E-state index in [4.69, 9.17) is 4.74 Å². The molecule has 1 atom stereocenters. The smallest absolute Gasteiger partial charge is 0.338 e. The van der Waals surface area contributed by atoms with E-state index in [0.29, 0.717) is 33.0 Å². The number of carbonyl (C=O) groups excluding carboxylic acids is 2. The molecule has 0 aliphatic heterocycles. The number of benzene rings is 2. The first-order chi connectivity index (χ1) is 18.5. The molecule has 2 aromatic heterocycles. The second kappa shape index (κ2) is 11.5. The van der Waals surface area contributed by atoms with Gasteiger partial charge in [-0.15, -0.1) is 11.3 Å². The number of amides is 1. The van der Waals surface area contributed by atoms with E-state index in [1.807, 2.05) is 12.3 Å². The lowest BCUT2D eigenvalue weighted by Crippen LogP contribution is -2.25. The summed E-state index contributed by atoms with van der Waals surface area (Å²) in [6.07, 6.45) is 5.15. The van der Waals surface area contributed by atoms with Gasteiger partial charge in [0, 0.05) is 16.6 Å². The van der Waals surface area contributed by atoms with Crippen LogP contribution >= 0.6 is 23.1 Å². The first kappa shape index (κ1) is 26.2. The van der Waals surface area contributed by atoms with E-state index in [2.05, 4.69) is 33.5 Å². The van der Waals surface area contributed by atoms with Gasteiger partial charge in [0.2, 0.25) is 5.91 Å².